The van der Waals surface area contributed by atoms with E-state index in [-0.39, 0.29) is 11.4 Å². The number of rotatable bonds is 6. The van der Waals surface area contributed by atoms with Gasteiger partial charge in [-0.1, -0.05) is 6.42 Å². The number of ether oxygens (including phenoxy) is 1. The summed E-state index contributed by atoms with van der Waals surface area (Å²) in [4.78, 5) is 2.09. The monoisotopic (exact) mass is 352 g/mol. The standard InChI is InChI=1S/C14H19F3N2O3S/c15-14(16,17)22-12-4-6-13(7-5-12)23(20,21)18-8-11-19-9-2-1-3-10-19/h4-7,18H,1-3,8-11H2. The molecule has 0 aliphatic carbocycles. The van der Waals surface area contributed by atoms with E-state index < -0.39 is 22.1 Å². The number of sulfonamides is 1. The minimum atomic E-state index is -4.80. The molecule has 1 aliphatic heterocycles. The summed E-state index contributed by atoms with van der Waals surface area (Å²) >= 11 is 0. The van der Waals surface area contributed by atoms with Gasteiger partial charge in [0.2, 0.25) is 10.0 Å². The summed E-state index contributed by atoms with van der Waals surface area (Å²) in [5.74, 6) is -0.454. The third-order valence-electron chi connectivity index (χ3n) is 3.54. The molecule has 0 bridgehead atoms. The SMILES string of the molecule is O=S(=O)(NCCN1CCCCC1)c1ccc(OC(F)(F)F)cc1. The zero-order valence-electron chi connectivity index (χ0n) is 12.5. The fraction of sp³-hybridized carbons (Fsp3) is 0.571. The Labute approximate surface area is 133 Å². The molecule has 0 saturated carbocycles. The highest BCUT2D eigenvalue weighted by molar-refractivity contribution is 7.89. The molecule has 1 aliphatic rings. The van der Waals surface area contributed by atoms with Crippen LogP contribution < -0.4 is 9.46 Å². The molecule has 9 heteroatoms. The molecule has 0 amide bonds. The van der Waals surface area contributed by atoms with Crippen molar-refractivity contribution in [1.29, 1.82) is 0 Å². The Morgan fingerprint density at radius 1 is 1.09 bits per heavy atom. The molecule has 0 aromatic heterocycles. The molecule has 1 aromatic carbocycles. The van der Waals surface area contributed by atoms with Crippen LogP contribution in [0.4, 0.5) is 13.2 Å². The highest BCUT2D eigenvalue weighted by atomic mass is 32.2. The quantitative estimate of drug-likeness (QED) is 0.854. The first kappa shape index (κ1) is 18.0. The summed E-state index contributed by atoms with van der Waals surface area (Å²) in [7, 11) is -3.74. The maximum absolute atomic E-state index is 12.1. The molecule has 23 heavy (non-hydrogen) atoms. The molecule has 1 heterocycles. The molecule has 0 unspecified atom stereocenters. The fourth-order valence-corrected chi connectivity index (χ4v) is 3.45. The summed E-state index contributed by atoms with van der Waals surface area (Å²) in [6.45, 7) is 2.81. The summed E-state index contributed by atoms with van der Waals surface area (Å²) in [6, 6.07) is 4.13. The summed E-state index contributed by atoms with van der Waals surface area (Å²) in [5.41, 5.74) is 0. The Hall–Kier alpha value is -1.32. The van der Waals surface area contributed by atoms with Crippen molar-refractivity contribution in [1.82, 2.24) is 9.62 Å². The Morgan fingerprint density at radius 2 is 1.70 bits per heavy atom. The normalized spacial score (nSPS) is 17.2. The van der Waals surface area contributed by atoms with E-state index >= 15 is 0 Å². The van der Waals surface area contributed by atoms with Gasteiger partial charge < -0.3 is 9.64 Å². The fourth-order valence-electron chi connectivity index (χ4n) is 2.42. The van der Waals surface area contributed by atoms with E-state index in [0.717, 1.165) is 50.2 Å². The lowest BCUT2D eigenvalue weighted by molar-refractivity contribution is -0.274. The van der Waals surface area contributed by atoms with E-state index in [4.69, 9.17) is 0 Å². The lowest BCUT2D eigenvalue weighted by atomic mass is 10.1. The van der Waals surface area contributed by atoms with Gasteiger partial charge >= 0.3 is 6.36 Å². The maximum atomic E-state index is 12.1. The summed E-state index contributed by atoms with van der Waals surface area (Å²) in [6.07, 6.45) is -1.36. The average molecular weight is 352 g/mol. The van der Waals surface area contributed by atoms with Gasteiger partial charge in [0.1, 0.15) is 5.75 Å². The molecule has 1 N–H and O–H groups in total. The zero-order chi connectivity index (χ0) is 16.9. The number of benzene rings is 1. The molecule has 1 saturated heterocycles. The van der Waals surface area contributed by atoms with Crippen molar-refractivity contribution in [3.63, 3.8) is 0 Å². The van der Waals surface area contributed by atoms with Crippen LogP contribution in [0.15, 0.2) is 29.2 Å². The van der Waals surface area contributed by atoms with Crippen molar-refractivity contribution >= 4 is 10.0 Å². The van der Waals surface area contributed by atoms with Gasteiger partial charge in [-0.2, -0.15) is 0 Å². The van der Waals surface area contributed by atoms with Crippen LogP contribution in [-0.2, 0) is 10.0 Å². The van der Waals surface area contributed by atoms with Crippen LogP contribution in [0.2, 0.25) is 0 Å². The number of hydrogen-bond acceptors (Lipinski definition) is 4. The van der Waals surface area contributed by atoms with E-state index in [1.54, 1.807) is 0 Å². The molecular weight excluding hydrogens is 333 g/mol. The Balaban J connectivity index is 1.88. The minimum absolute atomic E-state index is 0.0920. The predicted octanol–water partition coefficient (Wildman–Crippen LogP) is 2.35. The van der Waals surface area contributed by atoms with Crippen molar-refractivity contribution in [2.45, 2.75) is 30.5 Å². The minimum Gasteiger partial charge on any atom is -0.406 e. The van der Waals surface area contributed by atoms with Gasteiger partial charge in [-0.15, -0.1) is 13.2 Å². The second-order valence-electron chi connectivity index (χ2n) is 5.32. The molecule has 0 radical (unpaired) electrons. The van der Waals surface area contributed by atoms with E-state index in [0.29, 0.717) is 6.54 Å². The van der Waals surface area contributed by atoms with Gasteiger partial charge in [-0.3, -0.25) is 0 Å². The van der Waals surface area contributed by atoms with Crippen molar-refractivity contribution in [2.24, 2.45) is 0 Å². The van der Waals surface area contributed by atoms with Crippen molar-refractivity contribution in [3.8, 4) is 5.75 Å². The van der Waals surface area contributed by atoms with Gasteiger partial charge in [0, 0.05) is 13.1 Å². The van der Waals surface area contributed by atoms with Crippen molar-refractivity contribution in [3.05, 3.63) is 24.3 Å². The number of hydrogen-bond donors (Lipinski definition) is 1. The first-order chi connectivity index (χ1) is 10.8. The van der Waals surface area contributed by atoms with Crippen molar-refractivity contribution in [2.75, 3.05) is 26.2 Å². The third kappa shape index (κ3) is 6.00. The molecule has 2 rings (SSSR count). The van der Waals surface area contributed by atoms with E-state index in [9.17, 15) is 21.6 Å². The Kier molecular flexibility index (Phi) is 5.88. The van der Waals surface area contributed by atoms with Crippen LogP contribution in [0, 0.1) is 0 Å². The van der Waals surface area contributed by atoms with Crippen LogP contribution in [0.25, 0.3) is 0 Å². The number of nitrogens with zero attached hydrogens (tertiary/aromatic N) is 1. The van der Waals surface area contributed by atoms with Crippen LogP contribution in [0.5, 0.6) is 5.75 Å². The van der Waals surface area contributed by atoms with Crippen molar-refractivity contribution < 1.29 is 26.3 Å². The second-order valence-corrected chi connectivity index (χ2v) is 7.09. The average Bonchev–Trinajstić information content (AvgIpc) is 2.47. The first-order valence-corrected chi connectivity index (χ1v) is 8.82. The smallest absolute Gasteiger partial charge is 0.406 e. The summed E-state index contributed by atoms with van der Waals surface area (Å²) < 4.78 is 66.5. The highest BCUT2D eigenvalue weighted by Crippen LogP contribution is 2.23. The predicted molar refractivity (Wildman–Crippen MR) is 78.6 cm³/mol. The van der Waals surface area contributed by atoms with Crippen LogP contribution in [0.1, 0.15) is 19.3 Å². The molecule has 1 fully saturated rings. The lowest BCUT2D eigenvalue weighted by Gasteiger charge is -2.26. The Bertz CT molecular complexity index is 597. The number of likely N-dealkylation sites (tertiary alicyclic amines) is 1. The van der Waals surface area contributed by atoms with Gasteiger partial charge in [0.25, 0.3) is 0 Å². The third-order valence-corrected chi connectivity index (χ3v) is 5.01. The van der Waals surface area contributed by atoms with E-state index in [1.807, 2.05) is 0 Å². The molecule has 0 spiro atoms. The number of piperidine rings is 1. The van der Waals surface area contributed by atoms with Crippen LogP contribution in [-0.4, -0.2) is 45.9 Å². The summed E-state index contributed by atoms with van der Waals surface area (Å²) in [5, 5.41) is 0. The molecule has 0 atom stereocenters. The second kappa shape index (κ2) is 7.50. The maximum Gasteiger partial charge on any atom is 0.573 e. The topological polar surface area (TPSA) is 58.6 Å². The number of alkyl halides is 3. The van der Waals surface area contributed by atoms with Gasteiger partial charge in [0.15, 0.2) is 0 Å². The lowest BCUT2D eigenvalue weighted by Crippen LogP contribution is -2.37. The van der Waals surface area contributed by atoms with Gasteiger partial charge in [0.05, 0.1) is 4.90 Å². The first-order valence-electron chi connectivity index (χ1n) is 7.34. The van der Waals surface area contributed by atoms with Crippen LogP contribution >= 0.6 is 0 Å². The van der Waals surface area contributed by atoms with Gasteiger partial charge in [-0.05, 0) is 50.2 Å². The molecule has 130 valence electrons. The van der Waals surface area contributed by atoms with E-state index in [1.165, 1.54) is 6.42 Å². The molecule has 5 nitrogen and oxygen atoms in total. The van der Waals surface area contributed by atoms with E-state index in [2.05, 4.69) is 14.4 Å². The largest absolute Gasteiger partial charge is 0.573 e. The number of nitrogens with one attached hydrogen (secondary N) is 1. The Morgan fingerprint density at radius 3 is 2.26 bits per heavy atom. The molecular formula is C14H19F3N2O3S. The molecule has 1 aromatic rings. The number of halogens is 3. The highest BCUT2D eigenvalue weighted by Gasteiger charge is 2.31. The van der Waals surface area contributed by atoms with Gasteiger partial charge in [-0.25, -0.2) is 13.1 Å². The zero-order valence-corrected chi connectivity index (χ0v) is 13.3. The van der Waals surface area contributed by atoms with Crippen LogP contribution in [0.3, 0.4) is 0 Å².